The van der Waals surface area contributed by atoms with Gasteiger partial charge in [-0.3, -0.25) is 10.1 Å². The van der Waals surface area contributed by atoms with Crippen molar-refractivity contribution in [3.63, 3.8) is 0 Å². The third-order valence-corrected chi connectivity index (χ3v) is 3.66. The molecule has 98 valence electrons. The monoisotopic (exact) mass is 240 g/mol. The molecule has 0 radical (unpaired) electrons. The zero-order valence-electron chi connectivity index (χ0n) is 11.1. The lowest BCUT2D eigenvalue weighted by Gasteiger charge is -2.37. The maximum absolute atomic E-state index is 12.0. The van der Waals surface area contributed by atoms with Crippen LogP contribution in [0.25, 0.3) is 0 Å². The number of amides is 1. The van der Waals surface area contributed by atoms with E-state index in [9.17, 15) is 4.79 Å². The molecule has 1 amide bonds. The minimum Gasteiger partial charge on any atom is -0.378 e. The molecular weight excluding hydrogens is 216 g/mol. The van der Waals surface area contributed by atoms with Gasteiger partial charge >= 0.3 is 0 Å². The van der Waals surface area contributed by atoms with Crippen LogP contribution in [0.3, 0.4) is 0 Å². The standard InChI is InChI=1S/C13H24N2O2/c1-9(2)6-12-14-8-13(16)15(12)11-4-5-17-10(3)7-11/h9-12,14H,4-8H2,1-3H3. The van der Waals surface area contributed by atoms with Crippen LogP contribution in [-0.4, -0.2) is 42.3 Å². The first kappa shape index (κ1) is 12.8. The van der Waals surface area contributed by atoms with Gasteiger partial charge in [0.2, 0.25) is 5.91 Å². The summed E-state index contributed by atoms with van der Waals surface area (Å²) in [6.45, 7) is 7.79. The minimum absolute atomic E-state index is 0.234. The second-order valence-corrected chi connectivity index (χ2v) is 5.69. The number of hydrogen-bond donors (Lipinski definition) is 1. The highest BCUT2D eigenvalue weighted by atomic mass is 16.5. The van der Waals surface area contributed by atoms with Gasteiger partial charge in [0.1, 0.15) is 0 Å². The molecule has 2 rings (SSSR count). The molecule has 0 aromatic heterocycles. The highest BCUT2D eigenvalue weighted by Crippen LogP contribution is 2.25. The molecule has 3 atom stereocenters. The molecule has 1 N–H and O–H groups in total. The van der Waals surface area contributed by atoms with E-state index in [0.717, 1.165) is 25.9 Å². The molecule has 4 heteroatoms. The number of carbonyl (C=O) groups is 1. The summed E-state index contributed by atoms with van der Waals surface area (Å²) in [5.41, 5.74) is 0. The Balaban J connectivity index is 2.02. The van der Waals surface area contributed by atoms with Gasteiger partial charge in [0.15, 0.2) is 0 Å². The molecule has 0 aromatic carbocycles. The van der Waals surface area contributed by atoms with Crippen molar-refractivity contribution in [1.82, 2.24) is 10.2 Å². The fourth-order valence-corrected chi connectivity index (χ4v) is 2.90. The van der Waals surface area contributed by atoms with Crippen molar-refractivity contribution in [1.29, 1.82) is 0 Å². The van der Waals surface area contributed by atoms with Crippen LogP contribution in [0.1, 0.15) is 40.0 Å². The van der Waals surface area contributed by atoms with Gasteiger partial charge < -0.3 is 9.64 Å². The molecular formula is C13H24N2O2. The summed E-state index contributed by atoms with van der Waals surface area (Å²) in [5.74, 6) is 0.868. The maximum atomic E-state index is 12.0. The second-order valence-electron chi connectivity index (χ2n) is 5.69. The molecule has 0 aliphatic carbocycles. The average Bonchev–Trinajstić information content (AvgIpc) is 2.59. The van der Waals surface area contributed by atoms with Gasteiger partial charge in [-0.05, 0) is 32.1 Å². The highest BCUT2D eigenvalue weighted by molar-refractivity contribution is 5.81. The van der Waals surface area contributed by atoms with Gasteiger partial charge in [-0.2, -0.15) is 0 Å². The van der Waals surface area contributed by atoms with Gasteiger partial charge in [-0.25, -0.2) is 0 Å². The third-order valence-electron chi connectivity index (χ3n) is 3.66. The quantitative estimate of drug-likeness (QED) is 0.810. The van der Waals surface area contributed by atoms with Crippen LogP contribution in [-0.2, 0) is 9.53 Å². The summed E-state index contributed by atoms with van der Waals surface area (Å²) in [6, 6.07) is 0.366. The van der Waals surface area contributed by atoms with E-state index >= 15 is 0 Å². The first-order valence-corrected chi connectivity index (χ1v) is 6.74. The van der Waals surface area contributed by atoms with Gasteiger partial charge in [-0.15, -0.1) is 0 Å². The van der Waals surface area contributed by atoms with Crippen LogP contribution in [0.15, 0.2) is 0 Å². The van der Waals surface area contributed by atoms with Gasteiger partial charge in [0.25, 0.3) is 0 Å². The van der Waals surface area contributed by atoms with Gasteiger partial charge in [0.05, 0.1) is 18.8 Å². The number of carbonyl (C=O) groups excluding carboxylic acids is 1. The molecule has 0 saturated carbocycles. The Kier molecular flexibility index (Phi) is 4.05. The molecule has 4 nitrogen and oxygen atoms in total. The maximum Gasteiger partial charge on any atom is 0.238 e. The third kappa shape index (κ3) is 2.99. The summed E-state index contributed by atoms with van der Waals surface area (Å²) < 4.78 is 5.56. The van der Waals surface area contributed by atoms with E-state index in [1.54, 1.807) is 0 Å². The Morgan fingerprint density at radius 3 is 2.94 bits per heavy atom. The van der Waals surface area contributed by atoms with Crippen molar-refractivity contribution in [2.45, 2.75) is 58.3 Å². The van der Waals surface area contributed by atoms with Crippen molar-refractivity contribution < 1.29 is 9.53 Å². The van der Waals surface area contributed by atoms with Crippen LogP contribution in [0, 0.1) is 5.92 Å². The number of rotatable bonds is 3. The van der Waals surface area contributed by atoms with Crippen LogP contribution < -0.4 is 5.32 Å². The molecule has 3 unspecified atom stereocenters. The fraction of sp³-hybridized carbons (Fsp3) is 0.923. The van der Waals surface area contributed by atoms with E-state index < -0.39 is 0 Å². The van der Waals surface area contributed by atoms with E-state index in [-0.39, 0.29) is 18.2 Å². The Morgan fingerprint density at radius 2 is 2.29 bits per heavy atom. The Hall–Kier alpha value is -0.610. The number of nitrogens with zero attached hydrogens (tertiary/aromatic N) is 1. The smallest absolute Gasteiger partial charge is 0.238 e. The van der Waals surface area contributed by atoms with Gasteiger partial charge in [0, 0.05) is 12.6 Å². The molecule has 2 saturated heterocycles. The molecule has 0 bridgehead atoms. The normalized spacial score (nSPS) is 34.7. The molecule has 0 spiro atoms. The first-order valence-electron chi connectivity index (χ1n) is 6.74. The number of nitrogens with one attached hydrogen (secondary N) is 1. The molecule has 2 fully saturated rings. The summed E-state index contributed by atoms with van der Waals surface area (Å²) in [4.78, 5) is 14.1. The lowest BCUT2D eigenvalue weighted by molar-refractivity contribution is -0.133. The van der Waals surface area contributed by atoms with Gasteiger partial charge in [-0.1, -0.05) is 13.8 Å². The Morgan fingerprint density at radius 1 is 1.53 bits per heavy atom. The fourth-order valence-electron chi connectivity index (χ4n) is 2.90. The van der Waals surface area contributed by atoms with Crippen molar-refractivity contribution >= 4 is 5.91 Å². The van der Waals surface area contributed by atoms with Crippen LogP contribution in [0.2, 0.25) is 0 Å². The summed E-state index contributed by atoms with van der Waals surface area (Å²) in [6.07, 6.45) is 3.51. The number of hydrogen-bond acceptors (Lipinski definition) is 3. The lowest BCUT2D eigenvalue weighted by atomic mass is 10.0. The minimum atomic E-state index is 0.234. The molecule has 0 aromatic rings. The predicted octanol–water partition coefficient (Wildman–Crippen LogP) is 1.36. The van der Waals surface area contributed by atoms with Crippen molar-refractivity contribution in [3.05, 3.63) is 0 Å². The highest BCUT2D eigenvalue weighted by Gasteiger charge is 2.37. The Labute approximate surface area is 104 Å². The van der Waals surface area contributed by atoms with E-state index in [1.165, 1.54) is 0 Å². The van der Waals surface area contributed by atoms with E-state index in [0.29, 0.717) is 18.5 Å². The van der Waals surface area contributed by atoms with E-state index in [4.69, 9.17) is 4.74 Å². The second kappa shape index (κ2) is 5.36. The summed E-state index contributed by atoms with van der Waals surface area (Å²) >= 11 is 0. The van der Waals surface area contributed by atoms with Crippen LogP contribution in [0.4, 0.5) is 0 Å². The summed E-state index contributed by atoms with van der Waals surface area (Å²) in [5, 5.41) is 3.34. The van der Waals surface area contributed by atoms with Crippen molar-refractivity contribution in [2.75, 3.05) is 13.2 Å². The van der Waals surface area contributed by atoms with Crippen molar-refractivity contribution in [2.24, 2.45) is 5.92 Å². The SMILES string of the molecule is CC(C)CC1NCC(=O)N1C1CCOC(C)C1. The largest absolute Gasteiger partial charge is 0.378 e. The van der Waals surface area contributed by atoms with E-state index in [1.807, 2.05) is 0 Å². The predicted molar refractivity (Wildman–Crippen MR) is 66.5 cm³/mol. The lowest BCUT2D eigenvalue weighted by Crippen LogP contribution is -2.48. The molecule has 2 aliphatic rings. The molecule has 17 heavy (non-hydrogen) atoms. The Bertz CT molecular complexity index is 281. The topological polar surface area (TPSA) is 41.6 Å². The zero-order chi connectivity index (χ0) is 12.4. The number of ether oxygens (including phenoxy) is 1. The molecule has 2 aliphatic heterocycles. The van der Waals surface area contributed by atoms with Crippen LogP contribution in [0.5, 0.6) is 0 Å². The van der Waals surface area contributed by atoms with E-state index in [2.05, 4.69) is 31.0 Å². The van der Waals surface area contributed by atoms with Crippen LogP contribution >= 0.6 is 0 Å². The zero-order valence-corrected chi connectivity index (χ0v) is 11.1. The summed E-state index contributed by atoms with van der Waals surface area (Å²) in [7, 11) is 0. The average molecular weight is 240 g/mol. The van der Waals surface area contributed by atoms with Crippen molar-refractivity contribution in [3.8, 4) is 0 Å². The molecule has 2 heterocycles. The first-order chi connectivity index (χ1) is 8.08.